The Labute approximate surface area is 254 Å². The lowest BCUT2D eigenvalue weighted by atomic mass is 10.1. The molecule has 0 atom stereocenters. The minimum Gasteiger partial charge on any atom is -0.355 e. The number of aromatic nitrogens is 4. The second-order valence-corrected chi connectivity index (χ2v) is 11.8. The average Bonchev–Trinajstić information content (AvgIpc) is 3.56. The molecule has 1 aromatic carbocycles. The van der Waals surface area contributed by atoms with Gasteiger partial charge >= 0.3 is 39.6 Å². The molecule has 1 amide bonds. The van der Waals surface area contributed by atoms with Crippen LogP contribution in [-0.2, 0) is 23.3 Å². The van der Waals surface area contributed by atoms with Gasteiger partial charge in [0.1, 0.15) is 0 Å². The SMILES string of the molecule is CN(C(=O)c1cc(-c2cnn(-c3c(C(F)(F)F)c(OS(=O)(=O)C(F)(F)C(F)(F)C(F)(F)C(F)(F)F)nn3C)c2)ccc1Cl)C1CC1. The van der Waals surface area contributed by atoms with E-state index in [4.69, 9.17) is 11.6 Å². The van der Waals surface area contributed by atoms with E-state index in [1.54, 1.807) is 0 Å². The number of benzene rings is 1. The number of nitrogens with zero attached hydrogens (tertiary/aromatic N) is 5. The molecule has 1 fully saturated rings. The Balaban J connectivity index is 1.76. The molecule has 2 heterocycles. The van der Waals surface area contributed by atoms with Gasteiger partial charge in [0.2, 0.25) is 0 Å². The van der Waals surface area contributed by atoms with E-state index in [1.165, 1.54) is 30.1 Å². The van der Waals surface area contributed by atoms with Crippen molar-refractivity contribution in [2.24, 2.45) is 7.05 Å². The summed E-state index contributed by atoms with van der Waals surface area (Å²) in [5.41, 5.74) is -2.23. The zero-order chi connectivity index (χ0) is 35.0. The third-order valence-corrected chi connectivity index (χ3v) is 8.22. The third kappa shape index (κ3) is 5.72. The van der Waals surface area contributed by atoms with E-state index in [-0.39, 0.29) is 32.4 Å². The number of alkyl halides is 12. The quantitative estimate of drug-likeness (QED) is 0.190. The Kier molecular flexibility index (Phi) is 8.37. The highest BCUT2D eigenvalue weighted by molar-refractivity contribution is 7.88. The van der Waals surface area contributed by atoms with Crippen molar-refractivity contribution in [1.82, 2.24) is 24.5 Å². The van der Waals surface area contributed by atoms with E-state index < -0.39 is 62.7 Å². The van der Waals surface area contributed by atoms with Gasteiger partial charge in [-0.2, -0.15) is 66.2 Å². The molecule has 1 aliphatic carbocycles. The Morgan fingerprint density at radius 1 is 0.978 bits per heavy atom. The Morgan fingerprint density at radius 3 is 2.09 bits per heavy atom. The fraction of sp³-hybridized carbons (Fsp3) is 0.435. The van der Waals surface area contributed by atoms with Crippen LogP contribution < -0.4 is 4.18 Å². The van der Waals surface area contributed by atoms with E-state index in [1.807, 2.05) is 0 Å². The van der Waals surface area contributed by atoms with E-state index in [0.717, 1.165) is 25.2 Å². The number of hydrogen-bond acceptors (Lipinski definition) is 6. The summed E-state index contributed by atoms with van der Waals surface area (Å²) >= 11 is 6.14. The molecule has 1 aliphatic rings. The topological polar surface area (TPSA) is 99.3 Å². The van der Waals surface area contributed by atoms with Crippen LogP contribution in [0.4, 0.5) is 52.7 Å². The van der Waals surface area contributed by atoms with Crippen molar-refractivity contribution < 1.29 is 70.1 Å². The molecule has 0 aliphatic heterocycles. The number of halogens is 13. The van der Waals surface area contributed by atoms with Gasteiger partial charge in [0.15, 0.2) is 11.4 Å². The number of hydrogen-bond donors (Lipinski definition) is 0. The van der Waals surface area contributed by atoms with Crippen LogP contribution in [0.2, 0.25) is 5.02 Å². The molecule has 0 N–H and O–H groups in total. The molecular formula is C23H16ClF12N5O4S. The third-order valence-electron chi connectivity index (χ3n) is 6.63. The summed E-state index contributed by atoms with van der Waals surface area (Å²) in [5.74, 6) is -19.7. The van der Waals surface area contributed by atoms with Gasteiger partial charge < -0.3 is 9.08 Å². The van der Waals surface area contributed by atoms with Gasteiger partial charge in [-0.3, -0.25) is 4.79 Å². The molecule has 254 valence electrons. The summed E-state index contributed by atoms with van der Waals surface area (Å²) < 4.78 is 189. The fourth-order valence-electron chi connectivity index (χ4n) is 4.01. The number of aryl methyl sites for hydroxylation is 1. The van der Waals surface area contributed by atoms with Crippen molar-refractivity contribution in [3.05, 3.63) is 46.7 Å². The first-order valence-corrected chi connectivity index (χ1v) is 14.0. The van der Waals surface area contributed by atoms with Gasteiger partial charge in [-0.15, -0.1) is 5.10 Å². The second-order valence-electron chi connectivity index (χ2n) is 9.84. The summed E-state index contributed by atoms with van der Waals surface area (Å²) in [5, 5.41) is -0.871. The minimum absolute atomic E-state index is 0.00699. The zero-order valence-electron chi connectivity index (χ0n) is 22.6. The Morgan fingerprint density at radius 2 is 1.57 bits per heavy atom. The van der Waals surface area contributed by atoms with E-state index in [0.29, 0.717) is 11.7 Å². The van der Waals surface area contributed by atoms with Crippen LogP contribution in [0.1, 0.15) is 28.8 Å². The maximum absolute atomic E-state index is 14.1. The largest absolute Gasteiger partial charge is 0.460 e. The number of carbonyl (C=O) groups excluding carboxylic acids is 1. The molecule has 0 bridgehead atoms. The van der Waals surface area contributed by atoms with Crippen LogP contribution in [0.3, 0.4) is 0 Å². The van der Waals surface area contributed by atoms with E-state index in [2.05, 4.69) is 14.4 Å². The van der Waals surface area contributed by atoms with Crippen molar-refractivity contribution >= 4 is 27.6 Å². The summed E-state index contributed by atoms with van der Waals surface area (Å²) in [4.78, 5) is 14.3. The predicted molar refractivity (Wildman–Crippen MR) is 131 cm³/mol. The van der Waals surface area contributed by atoms with Crippen LogP contribution in [0.15, 0.2) is 30.6 Å². The standard InChI is InChI=1S/C23H16ClF12N5O4S/c1-39(12-4-5-12)18(42)13-7-10(3-6-14(13)24)11-8-37-41(9-11)17-15(19(25,26)27)16(38-40(17)2)45-46(43,44)23(35,36)21(30,31)20(28,29)22(32,33)34/h3,6-9,12H,4-5H2,1-2H3. The number of rotatable bonds is 9. The molecule has 0 saturated heterocycles. The van der Waals surface area contributed by atoms with Crippen molar-refractivity contribution in [3.63, 3.8) is 0 Å². The normalized spacial score (nSPS) is 15.3. The fourth-order valence-corrected chi connectivity index (χ4v) is 5.08. The summed E-state index contributed by atoms with van der Waals surface area (Å²) in [6.07, 6.45) is -9.95. The molecule has 0 spiro atoms. The lowest BCUT2D eigenvalue weighted by Crippen LogP contribution is -2.63. The van der Waals surface area contributed by atoms with Gasteiger partial charge in [0.25, 0.3) is 11.8 Å². The van der Waals surface area contributed by atoms with Gasteiger partial charge in [0, 0.05) is 31.9 Å². The first-order chi connectivity index (χ1) is 20.8. The lowest BCUT2D eigenvalue weighted by molar-refractivity contribution is -0.382. The molecule has 4 rings (SSSR count). The lowest BCUT2D eigenvalue weighted by Gasteiger charge is -2.32. The molecule has 0 unspecified atom stereocenters. The van der Waals surface area contributed by atoms with Gasteiger partial charge in [-0.05, 0) is 30.5 Å². The predicted octanol–water partition coefficient (Wildman–Crippen LogP) is 6.31. The van der Waals surface area contributed by atoms with Crippen LogP contribution in [0.5, 0.6) is 5.88 Å². The van der Waals surface area contributed by atoms with Gasteiger partial charge in [-0.1, -0.05) is 17.7 Å². The van der Waals surface area contributed by atoms with Crippen LogP contribution in [0.25, 0.3) is 16.9 Å². The molecular weight excluding hydrogens is 706 g/mol. The van der Waals surface area contributed by atoms with Crippen molar-refractivity contribution in [3.8, 4) is 22.8 Å². The van der Waals surface area contributed by atoms with Gasteiger partial charge in [-0.25, -0.2) is 9.36 Å². The molecule has 46 heavy (non-hydrogen) atoms. The number of amides is 1. The molecule has 9 nitrogen and oxygen atoms in total. The Bertz CT molecular complexity index is 1780. The van der Waals surface area contributed by atoms with Crippen molar-refractivity contribution in [1.29, 1.82) is 0 Å². The molecule has 0 radical (unpaired) electrons. The maximum Gasteiger partial charge on any atom is 0.460 e. The van der Waals surface area contributed by atoms with Crippen LogP contribution >= 0.6 is 11.6 Å². The van der Waals surface area contributed by atoms with Crippen LogP contribution in [0, 0.1) is 0 Å². The minimum atomic E-state index is -7.77. The zero-order valence-corrected chi connectivity index (χ0v) is 24.1. The van der Waals surface area contributed by atoms with Crippen LogP contribution in [-0.4, -0.2) is 75.2 Å². The number of carbonyl (C=O) groups is 1. The second kappa shape index (κ2) is 10.9. The first-order valence-electron chi connectivity index (χ1n) is 12.2. The van der Waals surface area contributed by atoms with Gasteiger partial charge in [0.05, 0.1) is 16.8 Å². The summed E-state index contributed by atoms with van der Waals surface area (Å²) in [6, 6.07) is 3.89. The Hall–Kier alpha value is -3.69. The molecule has 2 aromatic heterocycles. The highest BCUT2D eigenvalue weighted by Gasteiger charge is 2.86. The van der Waals surface area contributed by atoms with E-state index in [9.17, 15) is 65.9 Å². The van der Waals surface area contributed by atoms with Crippen molar-refractivity contribution in [2.45, 2.75) is 48.3 Å². The smallest absolute Gasteiger partial charge is 0.355 e. The average molecular weight is 722 g/mol. The molecule has 1 saturated carbocycles. The summed E-state index contributed by atoms with van der Waals surface area (Å²) in [6.45, 7) is 0. The monoisotopic (exact) mass is 721 g/mol. The molecule has 23 heteroatoms. The maximum atomic E-state index is 14.1. The first kappa shape index (κ1) is 35.2. The highest BCUT2D eigenvalue weighted by atomic mass is 35.5. The highest BCUT2D eigenvalue weighted by Crippen LogP contribution is 2.55. The van der Waals surface area contributed by atoms with E-state index >= 15 is 0 Å². The van der Waals surface area contributed by atoms with Crippen molar-refractivity contribution in [2.75, 3.05) is 7.05 Å². The molecule has 3 aromatic rings. The summed E-state index contributed by atoms with van der Waals surface area (Å²) in [7, 11) is -5.59.